The van der Waals surface area contributed by atoms with Gasteiger partial charge >= 0.3 is 0 Å². The van der Waals surface area contributed by atoms with Crippen molar-refractivity contribution in [1.82, 2.24) is 0 Å². The van der Waals surface area contributed by atoms with Gasteiger partial charge < -0.3 is 15.2 Å². The molecule has 0 bridgehead atoms. The molecule has 0 radical (unpaired) electrons. The van der Waals surface area contributed by atoms with Gasteiger partial charge in [-0.25, -0.2) is 0 Å². The molecule has 0 aliphatic heterocycles. The van der Waals surface area contributed by atoms with Crippen molar-refractivity contribution in [3.8, 4) is 5.75 Å². The highest BCUT2D eigenvalue weighted by Gasteiger charge is 2.38. The van der Waals surface area contributed by atoms with Crippen LogP contribution in [0.15, 0.2) is 36.9 Å². The minimum Gasteiger partial charge on any atom is -0.489 e. The zero-order valence-corrected chi connectivity index (χ0v) is 10.9. The number of ether oxygens (including phenoxy) is 1. The Balaban J connectivity index is 2.02. The van der Waals surface area contributed by atoms with E-state index < -0.39 is 5.60 Å². The van der Waals surface area contributed by atoms with Crippen LogP contribution in [0.5, 0.6) is 5.75 Å². The van der Waals surface area contributed by atoms with Crippen LogP contribution in [-0.4, -0.2) is 23.2 Å². The van der Waals surface area contributed by atoms with Crippen molar-refractivity contribution in [2.75, 3.05) is 11.9 Å². The maximum absolute atomic E-state index is 12.0. The van der Waals surface area contributed by atoms with Crippen molar-refractivity contribution < 1.29 is 14.6 Å². The van der Waals surface area contributed by atoms with E-state index in [-0.39, 0.29) is 5.91 Å². The molecular weight excluding hydrogens is 242 g/mol. The predicted octanol–water partition coefficient (Wildman–Crippen LogP) is 2.50. The third kappa shape index (κ3) is 3.35. The molecule has 1 fully saturated rings. The predicted molar refractivity (Wildman–Crippen MR) is 74.2 cm³/mol. The van der Waals surface area contributed by atoms with E-state index in [1.807, 2.05) is 6.07 Å². The molecule has 1 aromatic rings. The molecule has 1 amide bonds. The number of hydrogen-bond acceptors (Lipinski definition) is 3. The van der Waals surface area contributed by atoms with Crippen molar-refractivity contribution in [1.29, 1.82) is 0 Å². The Bertz CT molecular complexity index is 464. The van der Waals surface area contributed by atoms with E-state index in [0.29, 0.717) is 30.9 Å². The van der Waals surface area contributed by atoms with E-state index in [2.05, 4.69) is 11.9 Å². The Kier molecular flexibility index (Phi) is 4.22. The Morgan fingerprint density at radius 2 is 2.21 bits per heavy atom. The topological polar surface area (TPSA) is 58.6 Å². The molecule has 1 aliphatic carbocycles. The summed E-state index contributed by atoms with van der Waals surface area (Å²) < 4.78 is 5.40. The number of benzene rings is 1. The van der Waals surface area contributed by atoms with Gasteiger partial charge in [0.05, 0.1) is 0 Å². The fourth-order valence-corrected chi connectivity index (χ4v) is 2.25. The Morgan fingerprint density at radius 3 is 2.89 bits per heavy atom. The molecule has 0 spiro atoms. The van der Waals surface area contributed by atoms with E-state index in [4.69, 9.17) is 4.74 Å². The molecule has 4 nitrogen and oxygen atoms in total. The molecule has 102 valence electrons. The van der Waals surface area contributed by atoms with E-state index in [0.717, 1.165) is 12.8 Å². The monoisotopic (exact) mass is 261 g/mol. The number of nitrogens with one attached hydrogen (secondary N) is 1. The number of anilines is 1. The lowest BCUT2D eigenvalue weighted by Crippen LogP contribution is -2.40. The summed E-state index contributed by atoms with van der Waals surface area (Å²) in [6, 6.07) is 7.12. The first-order valence-electron chi connectivity index (χ1n) is 6.52. The van der Waals surface area contributed by atoms with Crippen molar-refractivity contribution in [3.63, 3.8) is 0 Å². The molecule has 2 N–H and O–H groups in total. The first kappa shape index (κ1) is 13.6. The van der Waals surface area contributed by atoms with Crippen LogP contribution in [0.1, 0.15) is 25.7 Å². The molecule has 0 atom stereocenters. The summed E-state index contributed by atoms with van der Waals surface area (Å²) in [6.07, 6.45) is 4.52. The average Bonchev–Trinajstić information content (AvgIpc) is 2.85. The number of amides is 1. The van der Waals surface area contributed by atoms with E-state index in [9.17, 15) is 9.90 Å². The van der Waals surface area contributed by atoms with Crippen LogP contribution < -0.4 is 10.1 Å². The van der Waals surface area contributed by atoms with Gasteiger partial charge in [0.2, 0.25) is 0 Å². The van der Waals surface area contributed by atoms with Crippen molar-refractivity contribution in [2.24, 2.45) is 0 Å². The third-order valence-electron chi connectivity index (χ3n) is 3.31. The number of rotatable bonds is 5. The van der Waals surface area contributed by atoms with Crippen LogP contribution >= 0.6 is 0 Å². The van der Waals surface area contributed by atoms with Gasteiger partial charge in [0.25, 0.3) is 5.91 Å². The zero-order chi connectivity index (χ0) is 13.7. The summed E-state index contributed by atoms with van der Waals surface area (Å²) in [5, 5.41) is 12.9. The van der Waals surface area contributed by atoms with Crippen molar-refractivity contribution in [2.45, 2.75) is 31.3 Å². The van der Waals surface area contributed by atoms with Gasteiger partial charge in [-0.15, -0.1) is 0 Å². The molecule has 0 heterocycles. The SMILES string of the molecule is C=CCOc1cccc(NC(=O)C2(O)CCCC2)c1. The van der Waals surface area contributed by atoms with Gasteiger partial charge in [0.15, 0.2) is 0 Å². The summed E-state index contributed by atoms with van der Waals surface area (Å²) in [5.41, 5.74) is -0.579. The quantitative estimate of drug-likeness (QED) is 0.801. The summed E-state index contributed by atoms with van der Waals surface area (Å²) in [6.45, 7) is 4.00. The fraction of sp³-hybridized carbons (Fsp3) is 0.400. The zero-order valence-electron chi connectivity index (χ0n) is 10.9. The molecule has 1 aliphatic rings. The number of carbonyl (C=O) groups excluding carboxylic acids is 1. The molecule has 1 aromatic carbocycles. The molecule has 0 unspecified atom stereocenters. The van der Waals surface area contributed by atoms with E-state index >= 15 is 0 Å². The second-order valence-electron chi connectivity index (χ2n) is 4.82. The minimum atomic E-state index is -1.21. The summed E-state index contributed by atoms with van der Waals surface area (Å²) in [5.74, 6) is 0.335. The molecule has 19 heavy (non-hydrogen) atoms. The smallest absolute Gasteiger partial charge is 0.256 e. The van der Waals surface area contributed by atoms with Crippen molar-refractivity contribution in [3.05, 3.63) is 36.9 Å². The van der Waals surface area contributed by atoms with Crippen LogP contribution in [-0.2, 0) is 4.79 Å². The van der Waals surface area contributed by atoms with Crippen LogP contribution in [0.3, 0.4) is 0 Å². The Labute approximate surface area is 113 Å². The molecule has 4 heteroatoms. The normalized spacial score (nSPS) is 16.9. The molecular formula is C15H19NO3. The van der Waals surface area contributed by atoms with Gasteiger partial charge in [-0.3, -0.25) is 4.79 Å². The highest BCUT2D eigenvalue weighted by molar-refractivity contribution is 5.97. The number of hydrogen-bond donors (Lipinski definition) is 2. The first-order valence-corrected chi connectivity index (χ1v) is 6.52. The third-order valence-corrected chi connectivity index (χ3v) is 3.31. The van der Waals surface area contributed by atoms with Crippen molar-refractivity contribution >= 4 is 11.6 Å². The standard InChI is InChI=1S/C15H19NO3/c1-2-10-19-13-7-5-6-12(11-13)16-14(17)15(18)8-3-4-9-15/h2,5-7,11,18H,1,3-4,8-10H2,(H,16,17). The average molecular weight is 261 g/mol. The van der Waals surface area contributed by atoms with Gasteiger partial charge in [-0.05, 0) is 37.8 Å². The van der Waals surface area contributed by atoms with Gasteiger partial charge in [-0.2, -0.15) is 0 Å². The van der Waals surface area contributed by atoms with Crippen LogP contribution in [0.4, 0.5) is 5.69 Å². The van der Waals surface area contributed by atoms with Gasteiger partial charge in [0.1, 0.15) is 18.0 Å². The van der Waals surface area contributed by atoms with E-state index in [1.165, 1.54) is 0 Å². The maximum atomic E-state index is 12.0. The largest absolute Gasteiger partial charge is 0.489 e. The van der Waals surface area contributed by atoms with Crippen LogP contribution in [0.2, 0.25) is 0 Å². The second kappa shape index (κ2) is 5.89. The fourth-order valence-electron chi connectivity index (χ4n) is 2.25. The lowest BCUT2D eigenvalue weighted by molar-refractivity contribution is -0.133. The molecule has 0 aromatic heterocycles. The molecule has 2 rings (SSSR count). The molecule has 0 saturated heterocycles. The summed E-state index contributed by atoms with van der Waals surface area (Å²) >= 11 is 0. The van der Waals surface area contributed by atoms with Gasteiger partial charge in [0, 0.05) is 11.8 Å². The van der Waals surface area contributed by atoms with Gasteiger partial charge in [-0.1, -0.05) is 18.7 Å². The van der Waals surface area contributed by atoms with Crippen LogP contribution in [0, 0.1) is 0 Å². The second-order valence-corrected chi connectivity index (χ2v) is 4.82. The number of carbonyl (C=O) groups is 1. The number of aliphatic hydroxyl groups is 1. The highest BCUT2D eigenvalue weighted by Crippen LogP contribution is 2.30. The maximum Gasteiger partial charge on any atom is 0.256 e. The highest BCUT2D eigenvalue weighted by atomic mass is 16.5. The van der Waals surface area contributed by atoms with Crippen LogP contribution in [0.25, 0.3) is 0 Å². The minimum absolute atomic E-state index is 0.328. The lowest BCUT2D eigenvalue weighted by atomic mass is 10.0. The Morgan fingerprint density at radius 1 is 1.47 bits per heavy atom. The van der Waals surface area contributed by atoms with E-state index in [1.54, 1.807) is 24.3 Å². The Hall–Kier alpha value is -1.81. The summed E-state index contributed by atoms with van der Waals surface area (Å²) in [4.78, 5) is 12.0. The first-order chi connectivity index (χ1) is 9.14. The lowest BCUT2D eigenvalue weighted by Gasteiger charge is -2.21. The summed E-state index contributed by atoms with van der Waals surface area (Å²) in [7, 11) is 0. The molecule has 1 saturated carbocycles.